The van der Waals surface area contributed by atoms with Crippen LogP contribution in [0.4, 0.5) is 11.5 Å². The molecule has 7 nitrogen and oxygen atoms in total. The predicted octanol–water partition coefficient (Wildman–Crippen LogP) is 3.07. The summed E-state index contributed by atoms with van der Waals surface area (Å²) in [7, 11) is 1.58. The molecule has 3 N–H and O–H groups in total. The van der Waals surface area contributed by atoms with Crippen molar-refractivity contribution in [1.82, 2.24) is 15.0 Å². The molecule has 0 aliphatic heterocycles. The van der Waals surface area contributed by atoms with E-state index in [0.717, 1.165) is 5.56 Å². The maximum absolute atomic E-state index is 12.4. The van der Waals surface area contributed by atoms with E-state index >= 15 is 0 Å². The number of nitrogens with two attached hydrogens (primary N) is 1. The number of carbonyl (C=O) groups excluding carboxylic acids is 1. The van der Waals surface area contributed by atoms with Gasteiger partial charge in [0.15, 0.2) is 11.5 Å². The molecule has 8 heteroatoms. The van der Waals surface area contributed by atoms with Crippen LogP contribution >= 0.6 is 11.6 Å². The van der Waals surface area contributed by atoms with Gasteiger partial charge in [-0.2, -0.15) is 4.68 Å². The van der Waals surface area contributed by atoms with Crippen molar-refractivity contribution in [1.29, 1.82) is 0 Å². The van der Waals surface area contributed by atoms with Crippen molar-refractivity contribution in [3.05, 3.63) is 58.7 Å². The SMILES string of the molecule is COc1ccc(-n2nnc(C(=O)Nc3ccc(Cl)c(C)c3)c2N)cc1. The molecule has 0 saturated carbocycles. The van der Waals surface area contributed by atoms with Crippen molar-refractivity contribution in [2.45, 2.75) is 6.92 Å². The summed E-state index contributed by atoms with van der Waals surface area (Å²) in [6, 6.07) is 12.3. The van der Waals surface area contributed by atoms with Crippen molar-refractivity contribution in [3.63, 3.8) is 0 Å². The molecular weight excluding hydrogens is 342 g/mol. The lowest BCUT2D eigenvalue weighted by Crippen LogP contribution is -2.15. The van der Waals surface area contributed by atoms with E-state index in [1.165, 1.54) is 4.68 Å². The number of hydrogen-bond donors (Lipinski definition) is 2. The number of nitrogens with one attached hydrogen (secondary N) is 1. The number of anilines is 2. The van der Waals surface area contributed by atoms with Crippen LogP contribution in [0.2, 0.25) is 5.02 Å². The molecule has 0 radical (unpaired) electrons. The third-order valence-corrected chi connectivity index (χ3v) is 4.08. The number of amides is 1. The average Bonchev–Trinajstić information content (AvgIpc) is 3.00. The zero-order valence-corrected chi connectivity index (χ0v) is 14.4. The Balaban J connectivity index is 1.84. The molecule has 3 aromatic rings. The van der Waals surface area contributed by atoms with E-state index in [2.05, 4.69) is 15.6 Å². The molecule has 0 saturated heterocycles. The van der Waals surface area contributed by atoms with Crippen LogP contribution in [0.3, 0.4) is 0 Å². The average molecular weight is 358 g/mol. The Morgan fingerprint density at radius 2 is 1.96 bits per heavy atom. The Morgan fingerprint density at radius 1 is 1.24 bits per heavy atom. The van der Waals surface area contributed by atoms with Gasteiger partial charge >= 0.3 is 0 Å². The van der Waals surface area contributed by atoms with Crippen molar-refractivity contribution in [3.8, 4) is 11.4 Å². The van der Waals surface area contributed by atoms with Crippen LogP contribution < -0.4 is 15.8 Å². The molecule has 3 rings (SSSR count). The highest BCUT2D eigenvalue weighted by Gasteiger charge is 2.18. The summed E-state index contributed by atoms with van der Waals surface area (Å²) in [5, 5.41) is 11.2. The summed E-state index contributed by atoms with van der Waals surface area (Å²) in [5.41, 5.74) is 8.22. The summed E-state index contributed by atoms with van der Waals surface area (Å²) in [4.78, 5) is 12.4. The first-order valence-corrected chi connectivity index (χ1v) is 7.80. The number of carbonyl (C=O) groups is 1. The number of hydrogen-bond acceptors (Lipinski definition) is 5. The molecular formula is C17H16ClN5O2. The Labute approximate surface area is 149 Å². The third kappa shape index (κ3) is 3.41. The van der Waals surface area contributed by atoms with Crippen LogP contribution in [0.1, 0.15) is 16.1 Å². The zero-order chi connectivity index (χ0) is 18.0. The first-order chi connectivity index (χ1) is 12.0. The lowest BCUT2D eigenvalue weighted by atomic mass is 10.2. The molecule has 0 aliphatic rings. The van der Waals surface area contributed by atoms with E-state index in [1.54, 1.807) is 49.6 Å². The number of benzene rings is 2. The number of aryl methyl sites for hydroxylation is 1. The number of methoxy groups -OCH3 is 1. The Kier molecular flexibility index (Phi) is 4.58. The minimum Gasteiger partial charge on any atom is -0.497 e. The zero-order valence-electron chi connectivity index (χ0n) is 13.7. The molecule has 0 bridgehead atoms. The summed E-state index contributed by atoms with van der Waals surface area (Å²) >= 11 is 5.98. The molecule has 1 heterocycles. The summed E-state index contributed by atoms with van der Waals surface area (Å²) < 4.78 is 6.50. The van der Waals surface area contributed by atoms with Gasteiger partial charge < -0.3 is 15.8 Å². The lowest BCUT2D eigenvalue weighted by molar-refractivity contribution is 0.102. The number of rotatable bonds is 4. The highest BCUT2D eigenvalue weighted by atomic mass is 35.5. The first kappa shape index (κ1) is 16.8. The van der Waals surface area contributed by atoms with Gasteiger partial charge in [0.05, 0.1) is 12.8 Å². The van der Waals surface area contributed by atoms with Gasteiger partial charge in [-0.05, 0) is 55.0 Å². The minimum atomic E-state index is -0.445. The van der Waals surface area contributed by atoms with Crippen molar-refractivity contribution >= 4 is 29.0 Å². The third-order valence-electron chi connectivity index (χ3n) is 3.65. The fourth-order valence-electron chi connectivity index (χ4n) is 2.28. The normalized spacial score (nSPS) is 10.5. The minimum absolute atomic E-state index is 0.0448. The van der Waals surface area contributed by atoms with Crippen LogP contribution in [0.15, 0.2) is 42.5 Å². The van der Waals surface area contributed by atoms with Crippen LogP contribution in [-0.4, -0.2) is 28.0 Å². The fraction of sp³-hybridized carbons (Fsp3) is 0.118. The second kappa shape index (κ2) is 6.82. The highest BCUT2D eigenvalue weighted by molar-refractivity contribution is 6.31. The maximum Gasteiger partial charge on any atom is 0.280 e. The number of nitrogen functional groups attached to an aromatic ring is 1. The monoisotopic (exact) mass is 357 g/mol. The number of halogens is 1. The van der Waals surface area contributed by atoms with Gasteiger partial charge in [-0.25, -0.2) is 0 Å². The van der Waals surface area contributed by atoms with E-state index in [9.17, 15) is 4.79 Å². The molecule has 0 spiro atoms. The molecule has 2 aromatic carbocycles. The second-order valence-corrected chi connectivity index (χ2v) is 5.76. The summed E-state index contributed by atoms with van der Waals surface area (Å²) in [6.45, 7) is 1.85. The largest absolute Gasteiger partial charge is 0.497 e. The number of nitrogens with zero attached hydrogens (tertiary/aromatic N) is 3. The number of ether oxygens (including phenoxy) is 1. The number of aromatic nitrogens is 3. The highest BCUT2D eigenvalue weighted by Crippen LogP contribution is 2.22. The van der Waals surface area contributed by atoms with Crippen molar-refractivity contribution < 1.29 is 9.53 Å². The fourth-order valence-corrected chi connectivity index (χ4v) is 2.40. The van der Waals surface area contributed by atoms with E-state index in [4.69, 9.17) is 22.1 Å². The standard InChI is InChI=1S/C17H16ClN5O2/c1-10-9-11(3-8-14(10)18)20-17(24)15-16(19)23(22-21-15)12-4-6-13(25-2)7-5-12/h3-9H,19H2,1-2H3,(H,20,24). The Bertz CT molecular complexity index is 921. The van der Waals surface area contributed by atoms with E-state index < -0.39 is 5.91 Å². The molecule has 1 amide bonds. The van der Waals surface area contributed by atoms with Gasteiger partial charge in [0.1, 0.15) is 5.75 Å². The second-order valence-electron chi connectivity index (χ2n) is 5.35. The predicted molar refractivity (Wildman–Crippen MR) is 96.5 cm³/mol. The van der Waals surface area contributed by atoms with E-state index in [0.29, 0.717) is 22.1 Å². The van der Waals surface area contributed by atoms with E-state index in [1.807, 2.05) is 6.92 Å². The molecule has 25 heavy (non-hydrogen) atoms. The van der Waals surface area contributed by atoms with Gasteiger partial charge in [0.25, 0.3) is 5.91 Å². The first-order valence-electron chi connectivity index (χ1n) is 7.42. The van der Waals surface area contributed by atoms with Crippen LogP contribution in [0, 0.1) is 6.92 Å². The van der Waals surface area contributed by atoms with Crippen LogP contribution in [0.25, 0.3) is 5.69 Å². The van der Waals surface area contributed by atoms with Gasteiger partial charge in [0.2, 0.25) is 0 Å². The Morgan fingerprint density at radius 3 is 2.60 bits per heavy atom. The van der Waals surface area contributed by atoms with Crippen LogP contribution in [-0.2, 0) is 0 Å². The van der Waals surface area contributed by atoms with E-state index in [-0.39, 0.29) is 11.5 Å². The van der Waals surface area contributed by atoms with Gasteiger partial charge in [-0.1, -0.05) is 16.8 Å². The lowest BCUT2D eigenvalue weighted by Gasteiger charge is -2.07. The smallest absolute Gasteiger partial charge is 0.280 e. The quantitative estimate of drug-likeness (QED) is 0.748. The molecule has 0 atom stereocenters. The molecule has 128 valence electrons. The van der Waals surface area contributed by atoms with Crippen molar-refractivity contribution in [2.24, 2.45) is 0 Å². The molecule has 0 fully saturated rings. The van der Waals surface area contributed by atoms with Gasteiger partial charge in [-0.3, -0.25) is 4.79 Å². The Hall–Kier alpha value is -3.06. The van der Waals surface area contributed by atoms with Crippen LogP contribution in [0.5, 0.6) is 5.75 Å². The summed E-state index contributed by atoms with van der Waals surface area (Å²) in [6.07, 6.45) is 0. The van der Waals surface area contributed by atoms with Crippen molar-refractivity contribution in [2.75, 3.05) is 18.2 Å². The molecule has 1 aromatic heterocycles. The van der Waals surface area contributed by atoms with Gasteiger partial charge in [-0.15, -0.1) is 5.10 Å². The molecule has 0 unspecified atom stereocenters. The molecule has 0 aliphatic carbocycles. The van der Waals surface area contributed by atoms with Gasteiger partial charge in [0, 0.05) is 10.7 Å². The summed E-state index contributed by atoms with van der Waals surface area (Å²) in [5.74, 6) is 0.408. The topological polar surface area (TPSA) is 95.1 Å². The maximum atomic E-state index is 12.4.